The highest BCUT2D eigenvalue weighted by Gasteiger charge is 2.48. The maximum atomic E-state index is 13.3. The number of nitrogens with zero attached hydrogens (tertiary/aromatic N) is 2. The lowest BCUT2D eigenvalue weighted by molar-refractivity contribution is -0.137. The molecule has 1 spiro atoms. The zero-order chi connectivity index (χ0) is 20.8. The number of piperidine rings is 1. The van der Waals surface area contributed by atoms with Gasteiger partial charge in [-0.3, -0.25) is 4.79 Å². The van der Waals surface area contributed by atoms with Crippen LogP contribution in [-0.4, -0.2) is 49.7 Å². The molecule has 3 aliphatic rings. The third-order valence-electron chi connectivity index (χ3n) is 6.67. The first kappa shape index (κ1) is 19.7. The second kappa shape index (κ2) is 7.48. The molecule has 2 atom stereocenters. The predicted octanol–water partition coefficient (Wildman–Crippen LogP) is 2.75. The summed E-state index contributed by atoms with van der Waals surface area (Å²) in [5.41, 5.74) is 1.98. The van der Waals surface area contributed by atoms with Gasteiger partial charge in [-0.25, -0.2) is 8.42 Å². The third kappa shape index (κ3) is 3.25. The van der Waals surface area contributed by atoms with Gasteiger partial charge in [0.15, 0.2) is 0 Å². The Kier molecular flexibility index (Phi) is 4.92. The molecule has 0 aliphatic carbocycles. The van der Waals surface area contributed by atoms with E-state index >= 15 is 0 Å². The van der Waals surface area contributed by atoms with Crippen LogP contribution in [0.15, 0.2) is 59.5 Å². The Balaban J connectivity index is 1.30. The molecule has 3 heterocycles. The van der Waals surface area contributed by atoms with Gasteiger partial charge in [0.25, 0.3) is 0 Å². The van der Waals surface area contributed by atoms with Crippen LogP contribution in [0.25, 0.3) is 0 Å². The quantitative estimate of drug-likeness (QED) is 0.757. The van der Waals surface area contributed by atoms with E-state index in [0.29, 0.717) is 32.7 Å². The first-order valence-electron chi connectivity index (χ1n) is 10.6. The van der Waals surface area contributed by atoms with Crippen molar-refractivity contribution in [2.45, 2.75) is 36.4 Å². The molecule has 3 aliphatic heterocycles. The van der Waals surface area contributed by atoms with E-state index in [-0.39, 0.29) is 23.3 Å². The van der Waals surface area contributed by atoms with Crippen LogP contribution < -0.4 is 0 Å². The molecule has 6 nitrogen and oxygen atoms in total. The van der Waals surface area contributed by atoms with Gasteiger partial charge in [-0.05, 0) is 42.5 Å². The van der Waals surface area contributed by atoms with Crippen molar-refractivity contribution in [2.75, 3.05) is 26.2 Å². The van der Waals surface area contributed by atoms with E-state index in [1.165, 1.54) is 15.4 Å². The number of carbonyl (C=O) groups is 1. The molecule has 2 aromatic rings. The minimum absolute atomic E-state index is 0.0489. The summed E-state index contributed by atoms with van der Waals surface area (Å²) in [7, 11) is -3.58. The van der Waals surface area contributed by atoms with Crippen molar-refractivity contribution in [1.82, 2.24) is 9.21 Å². The molecule has 2 fully saturated rings. The van der Waals surface area contributed by atoms with Crippen LogP contribution in [-0.2, 0) is 31.8 Å². The molecule has 7 heteroatoms. The van der Waals surface area contributed by atoms with Gasteiger partial charge in [-0.1, -0.05) is 42.5 Å². The highest BCUT2D eigenvalue weighted by Crippen LogP contribution is 2.43. The van der Waals surface area contributed by atoms with Crippen LogP contribution in [0.2, 0.25) is 0 Å². The van der Waals surface area contributed by atoms with Crippen molar-refractivity contribution in [2.24, 2.45) is 5.92 Å². The fourth-order valence-electron chi connectivity index (χ4n) is 5.05. The van der Waals surface area contributed by atoms with Crippen LogP contribution in [0.1, 0.15) is 30.4 Å². The number of rotatable bonds is 3. The fourth-order valence-corrected chi connectivity index (χ4v) is 6.60. The van der Waals surface area contributed by atoms with Crippen LogP contribution in [0.4, 0.5) is 0 Å². The number of likely N-dealkylation sites (tertiary alicyclic amines) is 1. The van der Waals surface area contributed by atoms with E-state index < -0.39 is 15.6 Å². The second-order valence-electron chi connectivity index (χ2n) is 8.47. The monoisotopic (exact) mass is 426 g/mol. The molecular weight excluding hydrogens is 400 g/mol. The second-order valence-corrected chi connectivity index (χ2v) is 10.4. The summed E-state index contributed by atoms with van der Waals surface area (Å²) in [6.07, 6.45) is 2.20. The van der Waals surface area contributed by atoms with Crippen molar-refractivity contribution in [3.63, 3.8) is 0 Å². The van der Waals surface area contributed by atoms with Crippen LogP contribution >= 0.6 is 0 Å². The Morgan fingerprint density at radius 2 is 1.80 bits per heavy atom. The Morgan fingerprint density at radius 1 is 1.03 bits per heavy atom. The lowest BCUT2D eigenvalue weighted by Crippen LogP contribution is -2.46. The Morgan fingerprint density at radius 3 is 2.63 bits per heavy atom. The summed E-state index contributed by atoms with van der Waals surface area (Å²) >= 11 is 0. The highest BCUT2D eigenvalue weighted by molar-refractivity contribution is 7.89. The van der Waals surface area contributed by atoms with E-state index in [1.54, 1.807) is 30.3 Å². The van der Waals surface area contributed by atoms with Gasteiger partial charge in [0.1, 0.15) is 5.60 Å². The number of fused-ring (bicyclic) bond motifs is 2. The van der Waals surface area contributed by atoms with E-state index in [1.807, 2.05) is 17.0 Å². The van der Waals surface area contributed by atoms with Gasteiger partial charge >= 0.3 is 0 Å². The molecular formula is C23H26N2O4S. The maximum Gasteiger partial charge on any atom is 0.243 e. The van der Waals surface area contributed by atoms with Crippen molar-refractivity contribution in [3.05, 3.63) is 65.7 Å². The van der Waals surface area contributed by atoms with E-state index in [0.717, 1.165) is 12.8 Å². The number of sulfonamides is 1. The first-order chi connectivity index (χ1) is 14.5. The minimum Gasteiger partial charge on any atom is -0.364 e. The molecule has 1 amide bonds. The summed E-state index contributed by atoms with van der Waals surface area (Å²) in [6.45, 7) is 2.49. The molecule has 2 unspecified atom stereocenters. The molecule has 158 valence electrons. The molecule has 0 radical (unpaired) electrons. The van der Waals surface area contributed by atoms with Crippen molar-refractivity contribution >= 4 is 15.9 Å². The summed E-state index contributed by atoms with van der Waals surface area (Å²) in [6, 6.07) is 16.7. The third-order valence-corrected chi connectivity index (χ3v) is 8.55. The molecule has 2 aromatic carbocycles. The number of hydrogen-bond acceptors (Lipinski definition) is 4. The smallest absolute Gasteiger partial charge is 0.243 e. The van der Waals surface area contributed by atoms with Crippen molar-refractivity contribution < 1.29 is 17.9 Å². The molecule has 0 aromatic heterocycles. The number of benzene rings is 2. The van der Waals surface area contributed by atoms with Crippen molar-refractivity contribution in [1.29, 1.82) is 0 Å². The number of hydrogen-bond donors (Lipinski definition) is 0. The summed E-state index contributed by atoms with van der Waals surface area (Å²) in [5, 5.41) is 0. The molecule has 0 saturated carbocycles. The number of carbonyl (C=O) groups excluding carboxylic acids is 1. The number of ether oxygens (including phenoxy) is 1. The molecule has 0 N–H and O–H groups in total. The lowest BCUT2D eigenvalue weighted by Gasteiger charge is -2.33. The average Bonchev–Trinajstić information content (AvgIpc) is 3.39. The fraction of sp³-hybridized carbons (Fsp3) is 0.435. The standard InChI is InChI=1S/C23H26N2O4S/c26-22(24-14-12-23(17-24)21-11-5-4-7-19(21)16-29-23)18-8-6-13-25(15-18)30(27,28)20-9-2-1-3-10-20/h1-5,7,9-11,18H,6,8,12-17H2. The normalized spacial score (nSPS) is 26.8. The van der Waals surface area contributed by atoms with Gasteiger partial charge in [0.05, 0.1) is 24.0 Å². The van der Waals surface area contributed by atoms with Crippen LogP contribution in [0.3, 0.4) is 0 Å². The Bertz CT molecular complexity index is 1060. The largest absolute Gasteiger partial charge is 0.364 e. The molecule has 2 saturated heterocycles. The van der Waals surface area contributed by atoms with Gasteiger partial charge < -0.3 is 9.64 Å². The maximum absolute atomic E-state index is 13.3. The van der Waals surface area contributed by atoms with Gasteiger partial charge in [-0.2, -0.15) is 4.31 Å². The summed E-state index contributed by atoms with van der Waals surface area (Å²) in [4.78, 5) is 15.5. The van der Waals surface area contributed by atoms with Crippen LogP contribution in [0, 0.1) is 5.92 Å². The number of amides is 1. The van der Waals surface area contributed by atoms with Gasteiger partial charge in [0.2, 0.25) is 15.9 Å². The Labute approximate surface area is 177 Å². The molecule has 5 rings (SSSR count). The van der Waals surface area contributed by atoms with E-state index in [2.05, 4.69) is 12.1 Å². The molecule has 30 heavy (non-hydrogen) atoms. The molecule has 0 bridgehead atoms. The van der Waals surface area contributed by atoms with E-state index in [4.69, 9.17) is 4.74 Å². The van der Waals surface area contributed by atoms with Gasteiger partial charge in [0, 0.05) is 19.6 Å². The summed E-state index contributed by atoms with van der Waals surface area (Å²) < 4.78 is 33.6. The minimum atomic E-state index is -3.58. The highest BCUT2D eigenvalue weighted by atomic mass is 32.2. The van der Waals surface area contributed by atoms with Crippen LogP contribution in [0.5, 0.6) is 0 Å². The zero-order valence-electron chi connectivity index (χ0n) is 16.9. The summed E-state index contributed by atoms with van der Waals surface area (Å²) in [5.74, 6) is -0.253. The average molecular weight is 427 g/mol. The van der Waals surface area contributed by atoms with Crippen molar-refractivity contribution in [3.8, 4) is 0 Å². The Hall–Kier alpha value is -2.22. The first-order valence-corrected chi connectivity index (χ1v) is 12.0. The predicted molar refractivity (Wildman–Crippen MR) is 112 cm³/mol. The van der Waals surface area contributed by atoms with E-state index in [9.17, 15) is 13.2 Å². The lowest BCUT2D eigenvalue weighted by atomic mass is 9.91. The topological polar surface area (TPSA) is 66.9 Å². The van der Waals surface area contributed by atoms with Gasteiger partial charge in [-0.15, -0.1) is 0 Å². The zero-order valence-corrected chi connectivity index (χ0v) is 17.7. The SMILES string of the molecule is O=C(C1CCCN(S(=O)(=O)c2ccccc2)C1)N1CCC2(C1)OCc1ccccc12.